The van der Waals surface area contributed by atoms with E-state index in [0.29, 0.717) is 13.0 Å². The second-order valence-electron chi connectivity index (χ2n) is 3.82. The number of nitrogens with zero attached hydrogens (tertiary/aromatic N) is 1. The van der Waals surface area contributed by atoms with Gasteiger partial charge in [0.05, 0.1) is 0 Å². The van der Waals surface area contributed by atoms with Crippen LogP contribution in [0.5, 0.6) is 0 Å². The maximum absolute atomic E-state index is 11.3. The zero-order valence-corrected chi connectivity index (χ0v) is 8.53. The fourth-order valence-electron chi connectivity index (χ4n) is 1.79. The van der Waals surface area contributed by atoms with E-state index in [1.54, 1.807) is 4.90 Å². The molecule has 0 bridgehead atoms. The molecule has 1 aliphatic rings. The molecule has 1 saturated heterocycles. The summed E-state index contributed by atoms with van der Waals surface area (Å²) in [5.41, 5.74) is 0. The Morgan fingerprint density at radius 2 is 2.36 bits per heavy atom. The summed E-state index contributed by atoms with van der Waals surface area (Å²) in [7, 11) is 0. The van der Waals surface area contributed by atoms with Gasteiger partial charge in [0.2, 0.25) is 5.91 Å². The summed E-state index contributed by atoms with van der Waals surface area (Å²) in [6.45, 7) is 3.38. The van der Waals surface area contributed by atoms with Crippen molar-refractivity contribution in [3.05, 3.63) is 0 Å². The highest BCUT2D eigenvalue weighted by Crippen LogP contribution is 2.16. The molecular formula is C10H17NO3. The third-order valence-corrected chi connectivity index (χ3v) is 2.69. The molecule has 14 heavy (non-hydrogen) atoms. The third-order valence-electron chi connectivity index (χ3n) is 2.69. The van der Waals surface area contributed by atoms with Gasteiger partial charge in [0, 0.05) is 25.9 Å². The zero-order valence-electron chi connectivity index (χ0n) is 8.53. The first-order valence-corrected chi connectivity index (χ1v) is 5.13. The van der Waals surface area contributed by atoms with Gasteiger partial charge in [-0.25, -0.2) is 0 Å². The number of rotatable bonds is 5. The predicted octanol–water partition coefficient (Wildman–Crippen LogP) is 1.11. The molecule has 1 unspecified atom stereocenters. The van der Waals surface area contributed by atoms with Crippen molar-refractivity contribution in [3.8, 4) is 0 Å². The van der Waals surface area contributed by atoms with E-state index in [9.17, 15) is 9.59 Å². The van der Waals surface area contributed by atoms with E-state index in [1.807, 2.05) is 6.92 Å². The molecular weight excluding hydrogens is 182 g/mol. The topological polar surface area (TPSA) is 57.6 Å². The van der Waals surface area contributed by atoms with E-state index in [1.165, 1.54) is 0 Å². The van der Waals surface area contributed by atoms with Crippen LogP contribution in [0.25, 0.3) is 0 Å². The molecule has 80 valence electrons. The van der Waals surface area contributed by atoms with E-state index in [0.717, 1.165) is 19.4 Å². The van der Waals surface area contributed by atoms with Crippen LogP contribution in [0.1, 0.15) is 32.6 Å². The van der Waals surface area contributed by atoms with E-state index < -0.39 is 5.97 Å². The SMILES string of the molecule is CCC(CC(=O)O)CN1CCCC1=O. The van der Waals surface area contributed by atoms with E-state index in [-0.39, 0.29) is 18.2 Å². The van der Waals surface area contributed by atoms with Crippen LogP contribution < -0.4 is 0 Å². The minimum atomic E-state index is -0.775. The lowest BCUT2D eigenvalue weighted by Gasteiger charge is -2.21. The molecule has 0 spiro atoms. The molecule has 4 heteroatoms. The van der Waals surface area contributed by atoms with Crippen molar-refractivity contribution in [3.63, 3.8) is 0 Å². The minimum absolute atomic E-state index is 0.106. The Kier molecular flexibility index (Phi) is 3.92. The van der Waals surface area contributed by atoms with E-state index in [4.69, 9.17) is 5.11 Å². The van der Waals surface area contributed by atoms with Crippen molar-refractivity contribution < 1.29 is 14.7 Å². The van der Waals surface area contributed by atoms with Gasteiger partial charge < -0.3 is 10.0 Å². The van der Waals surface area contributed by atoms with E-state index >= 15 is 0 Å². The van der Waals surface area contributed by atoms with Crippen LogP contribution >= 0.6 is 0 Å². The normalized spacial score (nSPS) is 18.6. The Morgan fingerprint density at radius 3 is 2.79 bits per heavy atom. The molecule has 0 aliphatic carbocycles. The summed E-state index contributed by atoms with van der Waals surface area (Å²) in [5, 5.41) is 8.65. The number of amides is 1. The summed E-state index contributed by atoms with van der Waals surface area (Å²) in [4.78, 5) is 23.6. The molecule has 1 heterocycles. The first-order chi connectivity index (χ1) is 6.63. The average molecular weight is 199 g/mol. The van der Waals surface area contributed by atoms with Gasteiger partial charge in [-0.05, 0) is 12.3 Å². The van der Waals surface area contributed by atoms with Gasteiger partial charge in [0.15, 0.2) is 0 Å². The molecule has 0 saturated carbocycles. The largest absolute Gasteiger partial charge is 0.481 e. The molecule has 4 nitrogen and oxygen atoms in total. The third kappa shape index (κ3) is 3.01. The highest BCUT2D eigenvalue weighted by Gasteiger charge is 2.23. The number of hydrogen-bond acceptors (Lipinski definition) is 2. The Bertz CT molecular complexity index is 227. The van der Waals surface area contributed by atoms with Crippen LogP contribution in [-0.4, -0.2) is 35.0 Å². The minimum Gasteiger partial charge on any atom is -0.481 e. The fourth-order valence-corrected chi connectivity index (χ4v) is 1.79. The highest BCUT2D eigenvalue weighted by molar-refractivity contribution is 5.78. The van der Waals surface area contributed by atoms with Crippen molar-refractivity contribution in [1.29, 1.82) is 0 Å². The van der Waals surface area contributed by atoms with Gasteiger partial charge in [-0.1, -0.05) is 13.3 Å². The molecule has 0 aromatic heterocycles. The van der Waals surface area contributed by atoms with E-state index in [2.05, 4.69) is 0 Å². The first-order valence-electron chi connectivity index (χ1n) is 5.13. The number of carboxylic acid groups (broad SMARTS) is 1. The number of carboxylic acids is 1. The lowest BCUT2D eigenvalue weighted by Crippen LogP contribution is -2.31. The lowest BCUT2D eigenvalue weighted by atomic mass is 10.0. The van der Waals surface area contributed by atoms with Crippen molar-refractivity contribution in [2.24, 2.45) is 5.92 Å². The quantitative estimate of drug-likeness (QED) is 0.721. The van der Waals surface area contributed by atoms with Gasteiger partial charge in [-0.3, -0.25) is 9.59 Å². The summed E-state index contributed by atoms with van der Waals surface area (Å²) < 4.78 is 0. The van der Waals surface area contributed by atoms with Crippen LogP contribution in [-0.2, 0) is 9.59 Å². The molecule has 1 amide bonds. The van der Waals surface area contributed by atoms with Crippen LogP contribution in [0, 0.1) is 5.92 Å². The van der Waals surface area contributed by atoms with Gasteiger partial charge in [0.1, 0.15) is 0 Å². The standard InChI is InChI=1S/C10H17NO3/c1-2-8(6-10(13)14)7-11-5-3-4-9(11)12/h8H,2-7H2,1H3,(H,13,14). The van der Waals surface area contributed by atoms with Crippen molar-refractivity contribution >= 4 is 11.9 Å². The monoisotopic (exact) mass is 199 g/mol. The average Bonchev–Trinajstić information content (AvgIpc) is 2.50. The van der Waals surface area contributed by atoms with Crippen LogP contribution in [0.15, 0.2) is 0 Å². The second-order valence-corrected chi connectivity index (χ2v) is 3.82. The number of carbonyl (C=O) groups is 2. The molecule has 1 rings (SSSR count). The summed E-state index contributed by atoms with van der Waals surface area (Å²) in [6.07, 6.45) is 2.53. The Balaban J connectivity index is 2.39. The Morgan fingerprint density at radius 1 is 1.64 bits per heavy atom. The molecule has 0 radical (unpaired) electrons. The number of aliphatic carboxylic acids is 1. The molecule has 1 N–H and O–H groups in total. The van der Waals surface area contributed by atoms with Crippen molar-refractivity contribution in [2.75, 3.05) is 13.1 Å². The van der Waals surface area contributed by atoms with Gasteiger partial charge >= 0.3 is 5.97 Å². The Hall–Kier alpha value is -1.06. The number of hydrogen-bond donors (Lipinski definition) is 1. The fraction of sp³-hybridized carbons (Fsp3) is 0.800. The molecule has 0 aromatic rings. The molecule has 0 aromatic carbocycles. The summed E-state index contributed by atoms with van der Waals surface area (Å²) in [5.74, 6) is -0.494. The molecule has 1 atom stereocenters. The second kappa shape index (κ2) is 4.98. The summed E-state index contributed by atoms with van der Waals surface area (Å²) in [6, 6.07) is 0. The Labute approximate surface area is 83.9 Å². The van der Waals surface area contributed by atoms with Crippen molar-refractivity contribution in [1.82, 2.24) is 4.90 Å². The van der Waals surface area contributed by atoms with Crippen LogP contribution in [0.4, 0.5) is 0 Å². The molecule has 1 fully saturated rings. The first kappa shape index (κ1) is 11.0. The molecule has 1 aliphatic heterocycles. The maximum atomic E-state index is 11.3. The van der Waals surface area contributed by atoms with Gasteiger partial charge in [0.25, 0.3) is 0 Å². The summed E-state index contributed by atoms with van der Waals surface area (Å²) >= 11 is 0. The highest BCUT2D eigenvalue weighted by atomic mass is 16.4. The maximum Gasteiger partial charge on any atom is 0.303 e. The predicted molar refractivity (Wildman–Crippen MR) is 51.8 cm³/mol. The van der Waals surface area contributed by atoms with Crippen LogP contribution in [0.2, 0.25) is 0 Å². The van der Waals surface area contributed by atoms with Crippen molar-refractivity contribution in [2.45, 2.75) is 32.6 Å². The van der Waals surface area contributed by atoms with Gasteiger partial charge in [-0.15, -0.1) is 0 Å². The van der Waals surface area contributed by atoms with Gasteiger partial charge in [-0.2, -0.15) is 0 Å². The lowest BCUT2D eigenvalue weighted by molar-refractivity contribution is -0.139. The number of carbonyl (C=O) groups excluding carboxylic acids is 1. The smallest absolute Gasteiger partial charge is 0.303 e. The van der Waals surface area contributed by atoms with Crippen LogP contribution in [0.3, 0.4) is 0 Å². The zero-order chi connectivity index (χ0) is 10.6. The number of likely N-dealkylation sites (tertiary alicyclic amines) is 1.